The molecule has 4 aliphatic rings. The first kappa shape index (κ1) is 34.3. The van der Waals surface area contributed by atoms with Crippen LogP contribution in [0.2, 0.25) is 0 Å². The molecule has 1 amide bonds. The molecule has 3 aromatic rings. The number of carbonyl (C=O) groups excluding carboxylic acids is 1. The lowest BCUT2D eigenvalue weighted by Crippen LogP contribution is -2.57. The van der Waals surface area contributed by atoms with Crippen LogP contribution >= 0.6 is 0 Å². The van der Waals surface area contributed by atoms with Crippen molar-refractivity contribution in [3.8, 4) is 17.8 Å². The number of alkyl halides is 1. The number of piperazine rings is 1. The van der Waals surface area contributed by atoms with E-state index >= 15 is 4.39 Å². The molecule has 0 saturated carbocycles. The van der Waals surface area contributed by atoms with Crippen molar-refractivity contribution in [3.63, 3.8) is 0 Å². The van der Waals surface area contributed by atoms with E-state index < -0.39 is 28.9 Å². The van der Waals surface area contributed by atoms with Gasteiger partial charge >= 0.3 is 18.1 Å². The predicted octanol–water partition coefficient (Wildman–Crippen LogP) is 5.41. The second-order valence-electron chi connectivity index (χ2n) is 14.6. The monoisotopic (exact) mass is 700 g/mol. The van der Waals surface area contributed by atoms with Gasteiger partial charge in [-0.3, -0.25) is 9.80 Å². The lowest BCUT2D eigenvalue weighted by molar-refractivity contribution is 0.0121. The summed E-state index contributed by atoms with van der Waals surface area (Å²) in [5.74, 6) is -1.34. The van der Waals surface area contributed by atoms with Crippen molar-refractivity contribution in [1.29, 1.82) is 0 Å². The summed E-state index contributed by atoms with van der Waals surface area (Å²) < 4.78 is 72.7. The van der Waals surface area contributed by atoms with Crippen LogP contribution < -0.4 is 19.1 Å². The minimum atomic E-state index is -1.01. The van der Waals surface area contributed by atoms with Gasteiger partial charge in [-0.15, -0.1) is 4.98 Å². The maximum absolute atomic E-state index is 15.1. The van der Waals surface area contributed by atoms with Gasteiger partial charge in [-0.05, 0) is 76.6 Å². The lowest BCUT2D eigenvalue weighted by atomic mass is 9.95. The number of rotatable bonds is 10. The van der Waals surface area contributed by atoms with E-state index in [2.05, 4.69) is 19.9 Å². The van der Waals surface area contributed by atoms with Crippen molar-refractivity contribution in [2.24, 2.45) is 0 Å². The number of methoxy groups -OCH3 is 1. The average Bonchev–Trinajstić information content (AvgIpc) is 3.69. The van der Waals surface area contributed by atoms with Gasteiger partial charge in [0.25, 0.3) is 0 Å². The molecule has 4 fully saturated rings. The van der Waals surface area contributed by atoms with Gasteiger partial charge in [0.2, 0.25) is 5.95 Å². The molecule has 0 spiro atoms. The number of ether oxygens (including phenoxy) is 5. The molecule has 5 heterocycles. The van der Waals surface area contributed by atoms with E-state index in [1.165, 1.54) is 13.2 Å². The van der Waals surface area contributed by atoms with E-state index in [4.69, 9.17) is 23.7 Å². The van der Waals surface area contributed by atoms with Gasteiger partial charge in [0, 0.05) is 44.1 Å². The molecule has 12 nitrogen and oxygen atoms in total. The highest BCUT2D eigenvalue weighted by molar-refractivity contribution is 5.88. The van der Waals surface area contributed by atoms with Crippen LogP contribution in [-0.4, -0.2) is 107 Å². The quantitative estimate of drug-likeness (QED) is 0.253. The van der Waals surface area contributed by atoms with Crippen LogP contribution in [0.1, 0.15) is 58.4 Å². The maximum atomic E-state index is 15.1. The Hall–Kier alpha value is -4.11. The minimum absolute atomic E-state index is 0.00899. The summed E-state index contributed by atoms with van der Waals surface area (Å²) in [6.45, 7) is 7.54. The van der Waals surface area contributed by atoms with Gasteiger partial charge in [0.15, 0.2) is 18.4 Å². The highest BCUT2D eigenvalue weighted by Gasteiger charge is 2.50. The van der Waals surface area contributed by atoms with Crippen molar-refractivity contribution >= 4 is 22.8 Å². The zero-order chi connectivity index (χ0) is 35.2. The number of hydrogen-bond donors (Lipinski definition) is 0. The summed E-state index contributed by atoms with van der Waals surface area (Å²) in [4.78, 5) is 32.8. The van der Waals surface area contributed by atoms with Crippen molar-refractivity contribution in [2.75, 3.05) is 51.6 Å². The number of aromatic nitrogens is 3. The Balaban J connectivity index is 1.17. The fourth-order valence-corrected chi connectivity index (χ4v) is 7.84. The zero-order valence-electron chi connectivity index (χ0n) is 28.8. The van der Waals surface area contributed by atoms with E-state index in [9.17, 15) is 13.6 Å². The Morgan fingerprint density at radius 2 is 1.74 bits per heavy atom. The molecule has 1 aromatic heterocycles. The van der Waals surface area contributed by atoms with Crippen molar-refractivity contribution in [2.45, 2.75) is 88.9 Å². The summed E-state index contributed by atoms with van der Waals surface area (Å²) in [6, 6.07) is 5.36. The first-order valence-corrected chi connectivity index (χ1v) is 17.1. The number of anilines is 1. The lowest BCUT2D eigenvalue weighted by Gasteiger charge is -2.41. The number of hydrogen-bond acceptors (Lipinski definition) is 11. The van der Waals surface area contributed by atoms with Crippen LogP contribution in [0.5, 0.6) is 17.8 Å². The SMILES string of the molecule is COCOc1cc(COc2nc(OC[C@@]34CCCN3C[C@H](F)C4)nc(N3C[C@H]4CC[C@@H](C3)N4C(=O)OC(C)(C)C)n2)c2c(F)c(F)ccc2c1. The fraction of sp³-hybridized carbons (Fsp3) is 0.600. The first-order chi connectivity index (χ1) is 23.9. The molecule has 2 aromatic carbocycles. The summed E-state index contributed by atoms with van der Waals surface area (Å²) in [5, 5.41) is 0.454. The van der Waals surface area contributed by atoms with Gasteiger partial charge < -0.3 is 28.6 Å². The smallest absolute Gasteiger partial charge is 0.410 e. The zero-order valence-corrected chi connectivity index (χ0v) is 28.8. The van der Waals surface area contributed by atoms with Gasteiger partial charge in [-0.1, -0.05) is 6.07 Å². The third kappa shape index (κ3) is 6.94. The van der Waals surface area contributed by atoms with Crippen LogP contribution in [0.3, 0.4) is 0 Å². The largest absolute Gasteiger partial charge is 0.468 e. The molecule has 0 radical (unpaired) electrons. The standard InChI is InChI=1S/C35H43F3N6O6/c1-34(2,3)50-33(45)44-24-7-8-25(44)17-42(16-24)30-39-31(41-32(40-30)48-19-35-10-5-11-43(35)15-23(36)14-35)47-18-22-13-26(49-20-46-4)12-21-6-9-27(37)29(38)28(21)22/h6,9,12-13,23-25H,5,7-8,10-11,14-20H2,1-4H3/t23-,24-,25+,35+/m1/s1. The molecule has 0 unspecified atom stereocenters. The normalized spacial score (nSPS) is 24.9. The van der Waals surface area contributed by atoms with E-state index in [-0.39, 0.29) is 55.6 Å². The molecule has 0 aliphatic carbocycles. The highest BCUT2D eigenvalue weighted by atomic mass is 19.2. The van der Waals surface area contributed by atoms with Gasteiger partial charge in [0.1, 0.15) is 30.7 Å². The minimum Gasteiger partial charge on any atom is -0.468 e. The highest BCUT2D eigenvalue weighted by Crippen LogP contribution is 2.41. The van der Waals surface area contributed by atoms with Gasteiger partial charge in [0.05, 0.1) is 17.6 Å². The van der Waals surface area contributed by atoms with Crippen LogP contribution in [0.4, 0.5) is 23.9 Å². The molecular formula is C35H43F3N6O6. The third-order valence-corrected chi connectivity index (χ3v) is 9.95. The van der Waals surface area contributed by atoms with Crippen molar-refractivity contribution in [1.82, 2.24) is 24.8 Å². The summed E-state index contributed by atoms with van der Waals surface area (Å²) in [5.41, 5.74) is -0.750. The number of halogens is 3. The second-order valence-corrected chi connectivity index (χ2v) is 14.6. The number of nitrogens with zero attached hydrogens (tertiary/aromatic N) is 6. The maximum Gasteiger partial charge on any atom is 0.410 e. The Morgan fingerprint density at radius 3 is 2.46 bits per heavy atom. The molecule has 4 aliphatic heterocycles. The number of fused-ring (bicyclic) bond motifs is 4. The van der Waals surface area contributed by atoms with Gasteiger partial charge in [-0.25, -0.2) is 18.0 Å². The average molecular weight is 701 g/mol. The fourth-order valence-electron chi connectivity index (χ4n) is 7.84. The van der Waals surface area contributed by atoms with Gasteiger partial charge in [-0.2, -0.15) is 9.97 Å². The van der Waals surface area contributed by atoms with Crippen LogP contribution in [0.25, 0.3) is 10.8 Å². The predicted molar refractivity (Wildman–Crippen MR) is 176 cm³/mol. The summed E-state index contributed by atoms with van der Waals surface area (Å²) in [7, 11) is 1.48. The molecule has 7 rings (SSSR count). The summed E-state index contributed by atoms with van der Waals surface area (Å²) >= 11 is 0. The Kier molecular flexibility index (Phi) is 9.31. The molecule has 50 heavy (non-hydrogen) atoms. The van der Waals surface area contributed by atoms with Crippen LogP contribution in [-0.2, 0) is 16.1 Å². The van der Waals surface area contributed by atoms with Crippen molar-refractivity contribution < 1.29 is 41.7 Å². The molecule has 4 atom stereocenters. The molecule has 0 N–H and O–H groups in total. The number of benzene rings is 2. The summed E-state index contributed by atoms with van der Waals surface area (Å²) in [6.07, 6.45) is 2.48. The van der Waals surface area contributed by atoms with Crippen LogP contribution in [0.15, 0.2) is 24.3 Å². The Bertz CT molecular complexity index is 1730. The van der Waals surface area contributed by atoms with E-state index in [0.29, 0.717) is 48.7 Å². The molecule has 2 bridgehead atoms. The number of carbonyl (C=O) groups is 1. The molecule has 270 valence electrons. The Labute approximate surface area is 288 Å². The molecule has 15 heteroatoms. The van der Waals surface area contributed by atoms with Crippen LogP contribution in [0, 0.1) is 11.6 Å². The van der Waals surface area contributed by atoms with E-state index in [1.807, 2.05) is 30.6 Å². The number of amides is 1. The topological polar surface area (TPSA) is 112 Å². The van der Waals surface area contributed by atoms with Crippen molar-refractivity contribution in [3.05, 3.63) is 41.5 Å². The molecule has 4 saturated heterocycles. The third-order valence-electron chi connectivity index (χ3n) is 9.95. The Morgan fingerprint density at radius 1 is 1.00 bits per heavy atom. The molecular weight excluding hydrogens is 657 g/mol. The van der Waals surface area contributed by atoms with E-state index in [1.54, 1.807) is 12.1 Å². The first-order valence-electron chi connectivity index (χ1n) is 17.1. The second kappa shape index (κ2) is 13.5. The van der Waals surface area contributed by atoms with E-state index in [0.717, 1.165) is 38.3 Å².